The molecule has 2 unspecified atom stereocenters. The molecule has 276 valence electrons. The van der Waals surface area contributed by atoms with E-state index in [9.17, 15) is 13.2 Å². The molecule has 58 heavy (non-hydrogen) atoms. The number of halogens is 4. The van der Waals surface area contributed by atoms with Gasteiger partial charge in [-0.3, -0.25) is 0 Å². The maximum Gasteiger partial charge on any atom is 0.123 e. The van der Waals surface area contributed by atoms with Gasteiger partial charge < -0.3 is 0 Å². The zero-order valence-corrected chi connectivity index (χ0v) is 31.1. The van der Waals surface area contributed by atoms with Crippen LogP contribution in [0.25, 0.3) is 76.8 Å². The Morgan fingerprint density at radius 3 is 1.53 bits per heavy atom. The second-order valence-corrected chi connectivity index (χ2v) is 15.9. The number of fused-ring (bicyclic) bond motifs is 6. The minimum atomic E-state index is -0.335. The van der Waals surface area contributed by atoms with Crippen molar-refractivity contribution in [3.8, 4) is 33.4 Å². The molecule has 5 aliphatic rings. The van der Waals surface area contributed by atoms with Gasteiger partial charge in [0.1, 0.15) is 23.3 Å². The molecule has 0 nitrogen and oxygen atoms in total. The lowest BCUT2D eigenvalue weighted by Crippen LogP contribution is -2.18. The third-order valence-electron chi connectivity index (χ3n) is 12.9. The third kappa shape index (κ3) is 4.63. The highest BCUT2D eigenvalue weighted by atomic mass is 19.1. The Morgan fingerprint density at radius 2 is 0.966 bits per heavy atom. The van der Waals surface area contributed by atoms with Crippen molar-refractivity contribution in [3.05, 3.63) is 214 Å². The Kier molecular flexibility index (Phi) is 7.11. The van der Waals surface area contributed by atoms with E-state index < -0.39 is 0 Å². The second-order valence-electron chi connectivity index (χ2n) is 15.9. The first kappa shape index (κ1) is 33.4. The van der Waals surface area contributed by atoms with Gasteiger partial charge in [-0.05, 0) is 159 Å². The van der Waals surface area contributed by atoms with Gasteiger partial charge in [-0.2, -0.15) is 0 Å². The van der Waals surface area contributed by atoms with Gasteiger partial charge >= 0.3 is 0 Å². The van der Waals surface area contributed by atoms with Crippen molar-refractivity contribution < 1.29 is 17.6 Å². The Morgan fingerprint density at radius 1 is 0.431 bits per heavy atom. The van der Waals surface area contributed by atoms with Gasteiger partial charge in [0.2, 0.25) is 0 Å². The van der Waals surface area contributed by atoms with Crippen LogP contribution in [0.2, 0.25) is 0 Å². The molecule has 0 bridgehead atoms. The fraction of sp³-hybridized carbons (Fsp3) is 0.0741. The third-order valence-corrected chi connectivity index (χ3v) is 12.9. The SMILES string of the molecule is FC1=CC=C(C2=C3c4cccc5cccc(c45)C3C(c3ccc(F)cc3)C2=c2c(-c3ccc(F)cc3)c3c4cccc5cccc(c-3c2-c2ccc(F)cc2)c54)CC1. The minimum absolute atomic E-state index is 0.143. The predicted octanol–water partition coefficient (Wildman–Crippen LogP) is 14.2. The number of hydrogen-bond donors (Lipinski definition) is 0. The monoisotopic (exact) mass is 756 g/mol. The molecule has 7 aromatic carbocycles. The zero-order valence-electron chi connectivity index (χ0n) is 31.1. The molecule has 0 aliphatic heterocycles. The molecule has 4 heteroatoms. The zero-order chi connectivity index (χ0) is 38.8. The highest BCUT2D eigenvalue weighted by Gasteiger charge is 2.48. The van der Waals surface area contributed by atoms with E-state index in [0.29, 0.717) is 6.42 Å². The van der Waals surface area contributed by atoms with Crippen molar-refractivity contribution in [1.29, 1.82) is 0 Å². The number of benzene rings is 7. The van der Waals surface area contributed by atoms with Gasteiger partial charge in [0.15, 0.2) is 0 Å². The topological polar surface area (TPSA) is 0 Å². The van der Waals surface area contributed by atoms with Gasteiger partial charge in [0, 0.05) is 18.3 Å². The van der Waals surface area contributed by atoms with Crippen LogP contribution in [0.1, 0.15) is 41.4 Å². The Labute approximate surface area is 332 Å². The summed E-state index contributed by atoms with van der Waals surface area (Å²) >= 11 is 0. The first-order valence-electron chi connectivity index (χ1n) is 19.8. The van der Waals surface area contributed by atoms with E-state index in [4.69, 9.17) is 0 Å². The highest BCUT2D eigenvalue weighted by molar-refractivity contribution is 6.30. The maximum absolute atomic E-state index is 15.0. The molecule has 2 atom stereocenters. The van der Waals surface area contributed by atoms with E-state index in [1.807, 2.05) is 42.5 Å². The van der Waals surface area contributed by atoms with E-state index >= 15 is 4.39 Å². The standard InChI is InChI=1S/C54H32F4/c55-35-21-13-31(14-22-35)45-49-39-9-1-5-29-6-2-10-40(43(29)39)50(49)46(32-15-23-36(56)24-16-32)53(45)54-47(33-17-25-37(57)26-18-33)51-41-11-3-7-30-8-4-12-42(44(30)41)52(51)48(54)34-19-27-38(58)28-20-34/h1-19,21-27,47,51H,20,28H2. The van der Waals surface area contributed by atoms with E-state index in [1.54, 1.807) is 6.08 Å². The van der Waals surface area contributed by atoms with Crippen LogP contribution in [0.3, 0.4) is 0 Å². The quantitative estimate of drug-likeness (QED) is 0.157. The Hall–Kier alpha value is -6.78. The molecule has 7 aromatic rings. The molecule has 12 rings (SSSR count). The summed E-state index contributed by atoms with van der Waals surface area (Å²) in [5, 5.41) is 7.75. The van der Waals surface area contributed by atoms with Gasteiger partial charge in [-0.1, -0.05) is 115 Å². The summed E-state index contributed by atoms with van der Waals surface area (Å²) in [7, 11) is 0. The Balaban J connectivity index is 1.38. The number of allylic oxidation sites excluding steroid dienone is 6. The van der Waals surface area contributed by atoms with Crippen LogP contribution in [0.4, 0.5) is 17.6 Å². The van der Waals surface area contributed by atoms with Crippen molar-refractivity contribution in [3.63, 3.8) is 0 Å². The first-order valence-corrected chi connectivity index (χ1v) is 19.8. The molecule has 0 aromatic heterocycles. The van der Waals surface area contributed by atoms with Crippen LogP contribution >= 0.6 is 0 Å². The van der Waals surface area contributed by atoms with Crippen molar-refractivity contribution in [2.24, 2.45) is 0 Å². The fourth-order valence-corrected chi connectivity index (χ4v) is 10.8. The van der Waals surface area contributed by atoms with Crippen LogP contribution < -0.4 is 5.22 Å². The molecular weight excluding hydrogens is 725 g/mol. The lowest BCUT2D eigenvalue weighted by molar-refractivity contribution is 0.583. The van der Waals surface area contributed by atoms with Crippen molar-refractivity contribution in [2.45, 2.75) is 24.7 Å². The van der Waals surface area contributed by atoms with Crippen LogP contribution in [0.15, 0.2) is 175 Å². The lowest BCUT2D eigenvalue weighted by atomic mass is 9.78. The van der Waals surface area contributed by atoms with E-state index in [-0.39, 0.29) is 41.5 Å². The van der Waals surface area contributed by atoms with Crippen molar-refractivity contribution in [1.82, 2.24) is 0 Å². The van der Waals surface area contributed by atoms with E-state index in [1.165, 1.54) is 52.9 Å². The summed E-state index contributed by atoms with van der Waals surface area (Å²) in [6.07, 6.45) is 4.31. The lowest BCUT2D eigenvalue weighted by Gasteiger charge is -2.24. The van der Waals surface area contributed by atoms with E-state index in [2.05, 4.69) is 72.8 Å². The van der Waals surface area contributed by atoms with Crippen LogP contribution in [0.5, 0.6) is 0 Å². The van der Waals surface area contributed by atoms with Gasteiger partial charge in [-0.25, -0.2) is 17.6 Å². The van der Waals surface area contributed by atoms with Crippen LogP contribution in [-0.2, 0) is 0 Å². The largest absolute Gasteiger partial charge is 0.212 e. The summed E-state index contributed by atoms with van der Waals surface area (Å²) in [6, 6.07) is 46.1. The minimum Gasteiger partial charge on any atom is -0.212 e. The summed E-state index contributed by atoms with van der Waals surface area (Å²) in [5.74, 6) is -1.59. The second kappa shape index (κ2) is 12.4. The molecule has 0 spiro atoms. The molecule has 0 saturated carbocycles. The smallest absolute Gasteiger partial charge is 0.123 e. The molecule has 0 amide bonds. The van der Waals surface area contributed by atoms with Crippen LogP contribution in [-0.4, -0.2) is 0 Å². The maximum atomic E-state index is 15.0. The number of hydrogen-bond acceptors (Lipinski definition) is 0. The normalized spacial score (nSPS) is 17.6. The van der Waals surface area contributed by atoms with Crippen molar-refractivity contribution >= 4 is 43.5 Å². The van der Waals surface area contributed by atoms with E-state index in [0.717, 1.165) is 93.4 Å². The van der Waals surface area contributed by atoms with Gasteiger partial charge in [0.05, 0.1) is 0 Å². The van der Waals surface area contributed by atoms with Gasteiger partial charge in [-0.15, -0.1) is 0 Å². The molecular formula is C54H32F4. The summed E-state index contributed by atoms with van der Waals surface area (Å²) in [6.45, 7) is 0. The van der Waals surface area contributed by atoms with Crippen molar-refractivity contribution in [2.75, 3.05) is 0 Å². The molecule has 0 radical (unpaired) electrons. The van der Waals surface area contributed by atoms with Gasteiger partial charge in [0.25, 0.3) is 0 Å². The predicted molar refractivity (Wildman–Crippen MR) is 228 cm³/mol. The Bertz CT molecular complexity index is 3170. The molecule has 5 aliphatic carbocycles. The molecule has 0 saturated heterocycles. The molecule has 0 fully saturated rings. The molecule has 0 heterocycles. The number of rotatable bonds is 4. The summed E-state index contributed by atoms with van der Waals surface area (Å²) in [5.41, 5.74) is 13.3. The highest BCUT2D eigenvalue weighted by Crippen LogP contribution is 2.65. The molecule has 0 N–H and O–H groups in total. The summed E-state index contributed by atoms with van der Waals surface area (Å²) < 4.78 is 59.8. The average Bonchev–Trinajstić information content (AvgIpc) is 3.97. The first-order chi connectivity index (χ1) is 28.4. The fourth-order valence-electron chi connectivity index (χ4n) is 10.8. The average molecular weight is 757 g/mol. The summed E-state index contributed by atoms with van der Waals surface area (Å²) in [4.78, 5) is 0. The van der Waals surface area contributed by atoms with Crippen LogP contribution in [0, 0.1) is 17.5 Å².